The van der Waals surface area contributed by atoms with E-state index in [1.807, 2.05) is 0 Å². The number of ether oxygens (including phenoxy) is 1. The van der Waals surface area contributed by atoms with E-state index in [1.54, 1.807) is 6.07 Å². The van der Waals surface area contributed by atoms with Gasteiger partial charge in [-0.05, 0) is 23.8 Å². The Balaban J connectivity index is 3.14. The van der Waals surface area contributed by atoms with E-state index in [9.17, 15) is 9.18 Å². The fourth-order valence-electron chi connectivity index (χ4n) is 1.12. The molecular formula is C10H7BrFNO2. The average molecular weight is 272 g/mol. The number of carbonyl (C=O) groups is 1. The van der Waals surface area contributed by atoms with Gasteiger partial charge in [-0.15, -0.1) is 0 Å². The summed E-state index contributed by atoms with van der Waals surface area (Å²) < 4.78 is 17.9. The van der Waals surface area contributed by atoms with Crippen LogP contribution in [-0.2, 0) is 9.53 Å². The minimum absolute atomic E-state index is 0.274. The number of benzene rings is 1. The molecule has 0 fully saturated rings. The molecular weight excluding hydrogens is 265 g/mol. The zero-order valence-electron chi connectivity index (χ0n) is 7.83. The zero-order valence-corrected chi connectivity index (χ0v) is 9.42. The Hall–Kier alpha value is -1.41. The van der Waals surface area contributed by atoms with Crippen molar-refractivity contribution >= 4 is 21.9 Å². The summed E-state index contributed by atoms with van der Waals surface area (Å²) in [5.74, 6) is -2.31. The second kappa shape index (κ2) is 4.89. The predicted molar refractivity (Wildman–Crippen MR) is 54.5 cm³/mol. The molecule has 0 saturated heterocycles. The Labute approximate surface area is 94.6 Å². The van der Waals surface area contributed by atoms with Gasteiger partial charge in [0.1, 0.15) is 5.82 Å². The lowest BCUT2D eigenvalue weighted by Crippen LogP contribution is -2.12. The summed E-state index contributed by atoms with van der Waals surface area (Å²) in [6, 6.07) is 5.65. The highest BCUT2D eigenvalue weighted by Crippen LogP contribution is 2.22. The van der Waals surface area contributed by atoms with E-state index in [2.05, 4.69) is 20.7 Å². The van der Waals surface area contributed by atoms with Crippen molar-refractivity contribution in [3.8, 4) is 6.07 Å². The first kappa shape index (κ1) is 11.7. The molecule has 0 radical (unpaired) electrons. The van der Waals surface area contributed by atoms with Crippen molar-refractivity contribution in [1.82, 2.24) is 0 Å². The molecule has 0 spiro atoms. The molecule has 5 heteroatoms. The molecule has 0 bridgehead atoms. The zero-order chi connectivity index (χ0) is 11.4. The summed E-state index contributed by atoms with van der Waals surface area (Å²) in [6.45, 7) is 0. The number of halogens is 2. The van der Waals surface area contributed by atoms with Gasteiger partial charge in [-0.1, -0.05) is 15.9 Å². The van der Waals surface area contributed by atoms with Crippen LogP contribution in [0.5, 0.6) is 0 Å². The molecule has 0 amide bonds. The highest BCUT2D eigenvalue weighted by Gasteiger charge is 2.21. The molecule has 0 N–H and O–H groups in total. The van der Waals surface area contributed by atoms with E-state index in [0.29, 0.717) is 4.47 Å². The van der Waals surface area contributed by atoms with Gasteiger partial charge in [-0.3, -0.25) is 4.79 Å². The molecule has 0 saturated carbocycles. The standard InChI is InChI=1S/C10H7BrFNO2/c1-15-10(14)9(5-13)6-2-7(11)4-8(12)3-6/h2-4,9H,1H3. The third-order valence-electron chi connectivity index (χ3n) is 1.78. The predicted octanol–water partition coefficient (Wildman–Crippen LogP) is 2.37. The first-order chi connectivity index (χ1) is 7.08. The van der Waals surface area contributed by atoms with Crippen molar-refractivity contribution in [2.24, 2.45) is 0 Å². The smallest absolute Gasteiger partial charge is 0.327 e. The molecule has 78 valence electrons. The molecule has 15 heavy (non-hydrogen) atoms. The molecule has 1 unspecified atom stereocenters. The maximum atomic E-state index is 13.0. The molecule has 0 aliphatic carbocycles. The first-order valence-electron chi connectivity index (χ1n) is 4.02. The van der Waals surface area contributed by atoms with Crippen molar-refractivity contribution in [3.05, 3.63) is 34.1 Å². The first-order valence-corrected chi connectivity index (χ1v) is 4.81. The third-order valence-corrected chi connectivity index (χ3v) is 2.24. The lowest BCUT2D eigenvalue weighted by Gasteiger charge is -2.07. The van der Waals surface area contributed by atoms with Crippen LogP contribution in [0, 0.1) is 17.1 Å². The van der Waals surface area contributed by atoms with E-state index in [0.717, 1.165) is 6.07 Å². The van der Waals surface area contributed by atoms with Crippen molar-refractivity contribution in [3.63, 3.8) is 0 Å². The highest BCUT2D eigenvalue weighted by molar-refractivity contribution is 9.10. The summed E-state index contributed by atoms with van der Waals surface area (Å²) >= 11 is 3.08. The Morgan fingerprint density at radius 3 is 2.73 bits per heavy atom. The second-order valence-electron chi connectivity index (χ2n) is 2.79. The molecule has 0 heterocycles. The molecule has 1 atom stereocenters. The Kier molecular flexibility index (Phi) is 3.81. The fraction of sp³-hybridized carbons (Fsp3) is 0.200. The van der Waals surface area contributed by atoms with E-state index in [-0.39, 0.29) is 5.56 Å². The van der Waals surface area contributed by atoms with Crippen molar-refractivity contribution in [1.29, 1.82) is 5.26 Å². The van der Waals surface area contributed by atoms with Crippen LogP contribution < -0.4 is 0 Å². The Bertz CT molecular complexity index is 408. The van der Waals surface area contributed by atoms with E-state index >= 15 is 0 Å². The number of hydrogen-bond acceptors (Lipinski definition) is 3. The maximum absolute atomic E-state index is 13.0. The van der Waals surface area contributed by atoms with Gasteiger partial charge in [0.05, 0.1) is 13.2 Å². The normalized spacial score (nSPS) is 11.6. The van der Waals surface area contributed by atoms with Crippen molar-refractivity contribution in [2.75, 3.05) is 7.11 Å². The number of nitriles is 1. The quantitative estimate of drug-likeness (QED) is 0.776. The minimum Gasteiger partial charge on any atom is -0.468 e. The number of hydrogen-bond donors (Lipinski definition) is 0. The van der Waals surface area contributed by atoms with Crippen LogP contribution in [0.15, 0.2) is 22.7 Å². The molecule has 0 aliphatic heterocycles. The molecule has 1 rings (SSSR count). The molecule has 3 nitrogen and oxygen atoms in total. The van der Waals surface area contributed by atoms with Crippen LogP contribution in [-0.4, -0.2) is 13.1 Å². The monoisotopic (exact) mass is 271 g/mol. The molecule has 1 aromatic carbocycles. The van der Waals surface area contributed by atoms with E-state index < -0.39 is 17.7 Å². The summed E-state index contributed by atoms with van der Waals surface area (Å²) in [5.41, 5.74) is 0.274. The minimum atomic E-state index is -1.10. The maximum Gasteiger partial charge on any atom is 0.327 e. The van der Waals surface area contributed by atoms with Gasteiger partial charge in [0.15, 0.2) is 5.92 Å². The molecule has 0 aliphatic rings. The number of carbonyl (C=O) groups excluding carboxylic acids is 1. The van der Waals surface area contributed by atoms with Gasteiger partial charge in [0, 0.05) is 4.47 Å². The van der Waals surface area contributed by atoms with Crippen molar-refractivity contribution in [2.45, 2.75) is 5.92 Å². The van der Waals surface area contributed by atoms with Crippen molar-refractivity contribution < 1.29 is 13.9 Å². The van der Waals surface area contributed by atoms with Crippen LogP contribution in [0.4, 0.5) is 4.39 Å². The number of nitrogens with zero attached hydrogens (tertiary/aromatic N) is 1. The fourth-order valence-corrected chi connectivity index (χ4v) is 1.61. The van der Waals surface area contributed by atoms with Crippen LogP contribution in [0.2, 0.25) is 0 Å². The van der Waals surface area contributed by atoms with Crippen LogP contribution in [0.25, 0.3) is 0 Å². The van der Waals surface area contributed by atoms with Gasteiger partial charge in [0.25, 0.3) is 0 Å². The number of esters is 1. The summed E-state index contributed by atoms with van der Waals surface area (Å²) in [6.07, 6.45) is 0. The second-order valence-corrected chi connectivity index (χ2v) is 3.70. The van der Waals surface area contributed by atoms with Gasteiger partial charge < -0.3 is 4.74 Å². The third kappa shape index (κ3) is 2.77. The van der Waals surface area contributed by atoms with Crippen LogP contribution >= 0.6 is 15.9 Å². The van der Waals surface area contributed by atoms with Gasteiger partial charge >= 0.3 is 5.97 Å². The topological polar surface area (TPSA) is 50.1 Å². The Morgan fingerprint density at radius 1 is 1.60 bits per heavy atom. The van der Waals surface area contributed by atoms with Gasteiger partial charge in [-0.25, -0.2) is 4.39 Å². The lowest BCUT2D eigenvalue weighted by molar-refractivity contribution is -0.140. The van der Waals surface area contributed by atoms with E-state index in [4.69, 9.17) is 5.26 Å². The number of methoxy groups -OCH3 is 1. The van der Waals surface area contributed by atoms with Gasteiger partial charge in [-0.2, -0.15) is 5.26 Å². The SMILES string of the molecule is COC(=O)C(C#N)c1cc(F)cc(Br)c1. The Morgan fingerprint density at radius 2 is 2.27 bits per heavy atom. The number of rotatable bonds is 2. The highest BCUT2D eigenvalue weighted by atomic mass is 79.9. The lowest BCUT2D eigenvalue weighted by atomic mass is 10.0. The molecule has 1 aromatic rings. The average Bonchev–Trinajstić information content (AvgIpc) is 2.17. The van der Waals surface area contributed by atoms with Crippen LogP contribution in [0.1, 0.15) is 11.5 Å². The van der Waals surface area contributed by atoms with E-state index in [1.165, 1.54) is 19.2 Å². The summed E-state index contributed by atoms with van der Waals surface area (Å²) in [5, 5.41) is 8.77. The summed E-state index contributed by atoms with van der Waals surface area (Å²) in [7, 11) is 1.18. The largest absolute Gasteiger partial charge is 0.468 e. The van der Waals surface area contributed by atoms with Gasteiger partial charge in [0.2, 0.25) is 0 Å². The molecule has 0 aromatic heterocycles. The van der Waals surface area contributed by atoms with Crippen LogP contribution in [0.3, 0.4) is 0 Å². The summed E-state index contributed by atoms with van der Waals surface area (Å²) in [4.78, 5) is 11.2.